The van der Waals surface area contributed by atoms with Crippen LogP contribution in [-0.4, -0.2) is 42.8 Å². The highest BCUT2D eigenvalue weighted by Crippen LogP contribution is 2.41. The van der Waals surface area contributed by atoms with Gasteiger partial charge in [-0.05, 0) is 23.8 Å². The van der Waals surface area contributed by atoms with Crippen molar-refractivity contribution in [3.8, 4) is 0 Å². The molecule has 1 heterocycles. The Kier molecular flexibility index (Phi) is 7.56. The summed E-state index contributed by atoms with van der Waals surface area (Å²) in [5.74, 6) is 0. The molecule has 3 nitrogen and oxygen atoms in total. The molecule has 1 aromatic rings. The summed E-state index contributed by atoms with van der Waals surface area (Å²) in [7, 11) is 0. The zero-order valence-electron chi connectivity index (χ0n) is 13.7. The molecule has 8 heteroatoms. The van der Waals surface area contributed by atoms with Crippen molar-refractivity contribution in [3.63, 3.8) is 0 Å². The van der Waals surface area contributed by atoms with Crippen LogP contribution in [0.1, 0.15) is 31.0 Å². The van der Waals surface area contributed by atoms with Crippen molar-refractivity contribution in [1.29, 1.82) is 0 Å². The van der Waals surface area contributed by atoms with Crippen molar-refractivity contribution in [2.24, 2.45) is 5.41 Å². The highest BCUT2D eigenvalue weighted by atomic mass is 79.9. The van der Waals surface area contributed by atoms with Gasteiger partial charge in [-0.15, -0.1) is 12.4 Å². The van der Waals surface area contributed by atoms with Gasteiger partial charge in [0.25, 0.3) is 0 Å². The summed E-state index contributed by atoms with van der Waals surface area (Å²) < 4.78 is 39.8. The summed E-state index contributed by atoms with van der Waals surface area (Å²) in [4.78, 5) is 2.15. The molecule has 0 saturated carbocycles. The van der Waals surface area contributed by atoms with E-state index in [1.807, 2.05) is 13.8 Å². The first-order valence-electron chi connectivity index (χ1n) is 7.58. The summed E-state index contributed by atoms with van der Waals surface area (Å²) in [6.45, 7) is 6.72. The lowest BCUT2D eigenvalue weighted by molar-refractivity contribution is -0.137. The van der Waals surface area contributed by atoms with E-state index in [2.05, 4.69) is 26.1 Å². The molecule has 1 saturated heterocycles. The number of piperazine rings is 1. The molecule has 1 aromatic carbocycles. The van der Waals surface area contributed by atoms with E-state index >= 15 is 0 Å². The smallest absolute Gasteiger partial charge is 0.396 e. The van der Waals surface area contributed by atoms with Crippen LogP contribution < -0.4 is 5.32 Å². The molecule has 1 fully saturated rings. The van der Waals surface area contributed by atoms with Gasteiger partial charge in [-0.25, -0.2) is 0 Å². The maximum absolute atomic E-state index is 13.1. The summed E-state index contributed by atoms with van der Waals surface area (Å²) in [6.07, 6.45) is -4.39. The third-order valence-electron chi connectivity index (χ3n) is 4.23. The van der Waals surface area contributed by atoms with Gasteiger partial charge in [-0.1, -0.05) is 29.8 Å². The van der Waals surface area contributed by atoms with Crippen molar-refractivity contribution < 1.29 is 18.3 Å². The standard InChI is InChI=1S/C16H22BrF3N2O.ClH/c1-15(2,10-23)14(22-5-3-21-4-6-22)11-7-12(16(18,19)20)9-13(17)8-11;/h7-9,14,21,23H,3-6,10H2,1-2H3;1H/t14-;/m1./s1. The number of hydrogen-bond acceptors (Lipinski definition) is 3. The van der Waals surface area contributed by atoms with E-state index in [-0.39, 0.29) is 25.1 Å². The second kappa shape index (κ2) is 8.36. The number of benzene rings is 1. The number of nitrogens with zero attached hydrogens (tertiary/aromatic N) is 1. The minimum Gasteiger partial charge on any atom is -0.396 e. The fourth-order valence-electron chi connectivity index (χ4n) is 3.12. The summed E-state index contributed by atoms with van der Waals surface area (Å²) in [6, 6.07) is 3.73. The monoisotopic (exact) mass is 430 g/mol. The van der Waals surface area contributed by atoms with Crippen LogP contribution in [0.25, 0.3) is 0 Å². The third kappa shape index (κ3) is 5.08. The molecule has 0 aromatic heterocycles. The van der Waals surface area contributed by atoms with Gasteiger partial charge in [-0.3, -0.25) is 4.90 Å². The van der Waals surface area contributed by atoms with Gasteiger partial charge >= 0.3 is 6.18 Å². The molecule has 2 N–H and O–H groups in total. The van der Waals surface area contributed by atoms with Crippen LogP contribution in [0.2, 0.25) is 0 Å². The van der Waals surface area contributed by atoms with Crippen LogP contribution in [0, 0.1) is 5.41 Å². The highest BCUT2D eigenvalue weighted by Gasteiger charge is 2.38. The minimum atomic E-state index is -4.39. The molecule has 0 spiro atoms. The first kappa shape index (κ1) is 21.7. The molecule has 24 heavy (non-hydrogen) atoms. The van der Waals surface area contributed by atoms with Crippen LogP contribution in [0.15, 0.2) is 22.7 Å². The Morgan fingerprint density at radius 3 is 2.29 bits per heavy atom. The number of rotatable bonds is 4. The van der Waals surface area contributed by atoms with E-state index in [9.17, 15) is 18.3 Å². The normalized spacial score (nSPS) is 18.1. The molecule has 0 bridgehead atoms. The molecule has 138 valence electrons. The summed E-state index contributed by atoms with van der Waals surface area (Å²) in [5.41, 5.74) is -0.649. The summed E-state index contributed by atoms with van der Waals surface area (Å²) in [5, 5.41) is 13.0. The Balaban J connectivity index is 0.00000288. The molecule has 1 atom stereocenters. The van der Waals surface area contributed by atoms with Crippen LogP contribution in [0.4, 0.5) is 13.2 Å². The predicted molar refractivity (Wildman–Crippen MR) is 94.4 cm³/mol. The topological polar surface area (TPSA) is 35.5 Å². The second-order valence-electron chi connectivity index (χ2n) is 6.61. The molecule has 0 aliphatic carbocycles. The molecule has 0 amide bonds. The van der Waals surface area contributed by atoms with Crippen molar-refractivity contribution in [3.05, 3.63) is 33.8 Å². The first-order valence-corrected chi connectivity index (χ1v) is 8.38. The fourth-order valence-corrected chi connectivity index (χ4v) is 3.63. The quantitative estimate of drug-likeness (QED) is 0.760. The molecular weight excluding hydrogens is 409 g/mol. The summed E-state index contributed by atoms with van der Waals surface area (Å²) >= 11 is 3.19. The molecule has 2 rings (SSSR count). The van der Waals surface area contributed by atoms with E-state index in [1.165, 1.54) is 6.07 Å². The predicted octanol–water partition coefficient (Wildman–Crippen LogP) is 3.85. The zero-order chi connectivity index (χ0) is 17.3. The second-order valence-corrected chi connectivity index (χ2v) is 7.52. The van der Waals surface area contributed by atoms with E-state index < -0.39 is 17.2 Å². The third-order valence-corrected chi connectivity index (χ3v) is 4.69. The average Bonchev–Trinajstić information content (AvgIpc) is 2.47. The lowest BCUT2D eigenvalue weighted by Gasteiger charge is -2.43. The van der Waals surface area contributed by atoms with E-state index in [4.69, 9.17) is 0 Å². The van der Waals surface area contributed by atoms with E-state index in [0.29, 0.717) is 10.0 Å². The van der Waals surface area contributed by atoms with Crippen LogP contribution >= 0.6 is 28.3 Å². The van der Waals surface area contributed by atoms with Crippen molar-refractivity contribution in [1.82, 2.24) is 10.2 Å². The number of nitrogens with one attached hydrogen (secondary N) is 1. The fraction of sp³-hybridized carbons (Fsp3) is 0.625. The molecular formula is C16H23BrClF3N2O. The largest absolute Gasteiger partial charge is 0.416 e. The van der Waals surface area contributed by atoms with Crippen molar-refractivity contribution in [2.45, 2.75) is 26.1 Å². The van der Waals surface area contributed by atoms with Gasteiger partial charge in [0.05, 0.1) is 5.56 Å². The zero-order valence-corrected chi connectivity index (χ0v) is 16.1. The first-order chi connectivity index (χ1) is 10.6. The highest BCUT2D eigenvalue weighted by molar-refractivity contribution is 9.10. The molecule has 0 unspecified atom stereocenters. The van der Waals surface area contributed by atoms with Gasteiger partial charge in [0, 0.05) is 48.7 Å². The van der Waals surface area contributed by atoms with E-state index in [1.54, 1.807) is 6.07 Å². The lowest BCUT2D eigenvalue weighted by atomic mass is 9.79. The van der Waals surface area contributed by atoms with Crippen molar-refractivity contribution in [2.75, 3.05) is 32.8 Å². The average molecular weight is 432 g/mol. The Morgan fingerprint density at radius 1 is 1.21 bits per heavy atom. The van der Waals surface area contributed by atoms with Crippen molar-refractivity contribution >= 4 is 28.3 Å². The van der Waals surface area contributed by atoms with Gasteiger partial charge in [0.1, 0.15) is 0 Å². The molecule has 1 aliphatic rings. The lowest BCUT2D eigenvalue weighted by Crippen LogP contribution is -2.49. The Hall–Kier alpha value is -0.340. The number of hydrogen-bond donors (Lipinski definition) is 2. The Labute approximate surface area is 155 Å². The SMILES string of the molecule is CC(C)(CO)[C@@H](c1cc(Br)cc(C(F)(F)F)c1)N1CCNCC1.Cl. The van der Waals surface area contributed by atoms with Gasteiger partial charge in [0.2, 0.25) is 0 Å². The Morgan fingerprint density at radius 2 is 1.79 bits per heavy atom. The number of alkyl halides is 3. The molecule has 1 aliphatic heterocycles. The maximum atomic E-state index is 13.1. The number of aliphatic hydroxyl groups is 1. The van der Waals surface area contributed by atoms with Crippen LogP contribution in [-0.2, 0) is 6.18 Å². The minimum absolute atomic E-state index is 0. The van der Waals surface area contributed by atoms with Gasteiger partial charge in [0.15, 0.2) is 0 Å². The Bertz CT molecular complexity index is 549. The van der Waals surface area contributed by atoms with E-state index in [0.717, 1.165) is 32.2 Å². The number of aliphatic hydroxyl groups excluding tert-OH is 1. The van der Waals surface area contributed by atoms with Gasteiger partial charge in [-0.2, -0.15) is 13.2 Å². The maximum Gasteiger partial charge on any atom is 0.416 e. The number of halogens is 5. The van der Waals surface area contributed by atoms with Crippen LogP contribution in [0.3, 0.4) is 0 Å². The van der Waals surface area contributed by atoms with Crippen LogP contribution in [0.5, 0.6) is 0 Å². The molecule has 0 radical (unpaired) electrons. The van der Waals surface area contributed by atoms with Gasteiger partial charge < -0.3 is 10.4 Å².